The fourth-order valence-electron chi connectivity index (χ4n) is 3.56. The largest absolute Gasteiger partial charge is 0.457 e. The van der Waals surface area contributed by atoms with E-state index >= 15 is 0 Å². The van der Waals surface area contributed by atoms with Gasteiger partial charge in [-0.15, -0.1) is 11.3 Å². The summed E-state index contributed by atoms with van der Waals surface area (Å²) in [5, 5.41) is 5.36. The normalized spacial score (nSPS) is 10.6. The van der Waals surface area contributed by atoms with Gasteiger partial charge in [-0.05, 0) is 47.8 Å². The van der Waals surface area contributed by atoms with Crippen LogP contribution < -0.4 is 10.1 Å². The Morgan fingerprint density at radius 3 is 2.46 bits per heavy atom. The van der Waals surface area contributed by atoms with Crippen LogP contribution in [-0.4, -0.2) is 23.5 Å². The van der Waals surface area contributed by atoms with Gasteiger partial charge in [0.25, 0.3) is 5.91 Å². The van der Waals surface area contributed by atoms with E-state index in [1.54, 1.807) is 30.3 Å². The summed E-state index contributed by atoms with van der Waals surface area (Å²) in [5.41, 5.74) is 2.27. The second-order valence-corrected chi connectivity index (χ2v) is 8.56. The number of thiophene rings is 1. The predicted octanol–water partition coefficient (Wildman–Crippen LogP) is 6.55. The fourth-order valence-corrected chi connectivity index (χ4v) is 4.25. The SMILES string of the molecule is O=C(COC(=O)c1cc(-c2cccs2)nc2ccccc12)Nc1cccc(Oc2ccccc2)c1. The molecule has 3 aromatic carbocycles. The minimum absolute atomic E-state index is 0.366. The number of hydrogen-bond acceptors (Lipinski definition) is 6. The Morgan fingerprint density at radius 1 is 0.829 bits per heavy atom. The Kier molecular flexibility index (Phi) is 6.50. The molecule has 5 rings (SSSR count). The lowest BCUT2D eigenvalue weighted by atomic mass is 10.1. The lowest BCUT2D eigenvalue weighted by Crippen LogP contribution is -2.21. The molecule has 0 bridgehead atoms. The van der Waals surface area contributed by atoms with Gasteiger partial charge in [-0.1, -0.05) is 48.5 Å². The number of ether oxygens (including phenoxy) is 2. The van der Waals surface area contributed by atoms with Crippen molar-refractivity contribution in [3.8, 4) is 22.1 Å². The van der Waals surface area contributed by atoms with Crippen molar-refractivity contribution >= 4 is 39.8 Å². The average Bonchev–Trinajstić information content (AvgIpc) is 3.43. The van der Waals surface area contributed by atoms with Crippen LogP contribution in [0.1, 0.15) is 10.4 Å². The maximum absolute atomic E-state index is 12.9. The molecular weight excluding hydrogens is 460 g/mol. The Labute approximate surface area is 205 Å². The zero-order valence-electron chi connectivity index (χ0n) is 18.5. The summed E-state index contributed by atoms with van der Waals surface area (Å²) in [6.45, 7) is -0.423. The van der Waals surface area contributed by atoms with Crippen LogP contribution in [0, 0.1) is 0 Å². The van der Waals surface area contributed by atoms with E-state index in [9.17, 15) is 9.59 Å². The number of fused-ring (bicyclic) bond motifs is 1. The van der Waals surface area contributed by atoms with Crippen LogP contribution in [0.25, 0.3) is 21.5 Å². The Hall–Kier alpha value is -4.49. The Bertz CT molecular complexity index is 1480. The minimum Gasteiger partial charge on any atom is -0.457 e. The van der Waals surface area contributed by atoms with Crippen LogP contribution in [0.5, 0.6) is 11.5 Å². The lowest BCUT2D eigenvalue weighted by Gasteiger charge is -2.11. The van der Waals surface area contributed by atoms with Gasteiger partial charge in [0.05, 0.1) is 21.7 Å². The zero-order chi connectivity index (χ0) is 24.0. The maximum atomic E-state index is 12.9. The molecular formula is C28H20N2O4S. The van der Waals surface area contributed by atoms with Gasteiger partial charge < -0.3 is 14.8 Å². The van der Waals surface area contributed by atoms with Crippen LogP contribution in [-0.2, 0) is 9.53 Å². The number of anilines is 1. The molecule has 6 nitrogen and oxygen atoms in total. The van der Waals surface area contributed by atoms with Gasteiger partial charge in [-0.25, -0.2) is 9.78 Å². The molecule has 0 aliphatic carbocycles. The van der Waals surface area contributed by atoms with Crippen LogP contribution in [0.3, 0.4) is 0 Å². The molecule has 5 aromatic rings. The molecule has 0 aliphatic heterocycles. The number of nitrogens with zero attached hydrogens (tertiary/aromatic N) is 1. The molecule has 0 radical (unpaired) electrons. The van der Waals surface area contributed by atoms with Crippen LogP contribution >= 0.6 is 11.3 Å². The monoisotopic (exact) mass is 480 g/mol. The first-order chi connectivity index (χ1) is 17.2. The number of benzene rings is 3. The van der Waals surface area contributed by atoms with E-state index in [1.807, 2.05) is 72.1 Å². The number of pyridine rings is 1. The topological polar surface area (TPSA) is 77.5 Å². The minimum atomic E-state index is -0.585. The summed E-state index contributed by atoms with van der Waals surface area (Å²) in [4.78, 5) is 31.0. The van der Waals surface area contributed by atoms with Crippen molar-refractivity contribution in [1.82, 2.24) is 4.98 Å². The Morgan fingerprint density at radius 2 is 1.63 bits per heavy atom. The number of nitrogens with one attached hydrogen (secondary N) is 1. The van der Waals surface area contributed by atoms with Gasteiger partial charge in [-0.3, -0.25) is 4.79 Å². The smallest absolute Gasteiger partial charge is 0.339 e. The summed E-state index contributed by atoms with van der Waals surface area (Å²) >= 11 is 1.54. The molecule has 0 unspecified atom stereocenters. The first-order valence-corrected chi connectivity index (χ1v) is 11.8. The number of hydrogen-bond donors (Lipinski definition) is 1. The number of para-hydroxylation sites is 2. The first kappa shape index (κ1) is 22.3. The van der Waals surface area contributed by atoms with E-state index in [4.69, 9.17) is 9.47 Å². The summed E-state index contributed by atoms with van der Waals surface area (Å²) in [6.07, 6.45) is 0. The second kappa shape index (κ2) is 10.2. The Balaban J connectivity index is 1.27. The summed E-state index contributed by atoms with van der Waals surface area (Å²) < 4.78 is 11.2. The molecule has 0 aliphatic rings. The zero-order valence-corrected chi connectivity index (χ0v) is 19.3. The summed E-state index contributed by atoms with van der Waals surface area (Å²) in [6, 6.07) is 29.3. The standard InChI is InChI=1S/C28H20N2O4S/c31-27(29-19-8-6-11-21(16-19)34-20-9-2-1-3-10-20)18-33-28(32)23-17-25(26-14-7-15-35-26)30-24-13-5-4-12-22(23)24/h1-17H,18H2,(H,29,31). The molecule has 35 heavy (non-hydrogen) atoms. The molecule has 1 N–H and O–H groups in total. The average molecular weight is 481 g/mol. The molecule has 1 amide bonds. The van der Waals surface area contributed by atoms with Gasteiger partial charge in [-0.2, -0.15) is 0 Å². The van der Waals surface area contributed by atoms with E-state index in [1.165, 1.54) is 11.3 Å². The van der Waals surface area contributed by atoms with Gasteiger partial charge in [0.2, 0.25) is 0 Å². The molecule has 0 atom stereocenters. The second-order valence-electron chi connectivity index (χ2n) is 7.62. The fraction of sp³-hybridized carbons (Fsp3) is 0.0357. The van der Waals surface area contributed by atoms with E-state index in [0.717, 1.165) is 4.88 Å². The van der Waals surface area contributed by atoms with Crippen molar-refractivity contribution in [2.75, 3.05) is 11.9 Å². The van der Waals surface area contributed by atoms with E-state index in [0.29, 0.717) is 39.3 Å². The molecule has 0 saturated carbocycles. The summed E-state index contributed by atoms with van der Waals surface area (Å²) in [7, 11) is 0. The van der Waals surface area contributed by atoms with E-state index in [-0.39, 0.29) is 0 Å². The van der Waals surface area contributed by atoms with Crippen molar-refractivity contribution in [3.05, 3.63) is 108 Å². The molecule has 0 spiro atoms. The van der Waals surface area contributed by atoms with Crippen molar-refractivity contribution in [3.63, 3.8) is 0 Å². The number of carbonyl (C=O) groups is 2. The summed E-state index contributed by atoms with van der Waals surface area (Å²) in [5.74, 6) is 0.233. The highest BCUT2D eigenvalue weighted by molar-refractivity contribution is 7.13. The third-order valence-corrected chi connectivity index (χ3v) is 6.03. The quantitative estimate of drug-likeness (QED) is 0.267. The highest BCUT2D eigenvalue weighted by Gasteiger charge is 2.17. The number of carbonyl (C=O) groups excluding carboxylic acids is 2. The van der Waals surface area contributed by atoms with Crippen molar-refractivity contribution < 1.29 is 19.1 Å². The van der Waals surface area contributed by atoms with Crippen LogP contribution in [0.4, 0.5) is 5.69 Å². The first-order valence-electron chi connectivity index (χ1n) is 10.9. The molecule has 7 heteroatoms. The number of esters is 1. The number of rotatable bonds is 7. The number of amides is 1. The van der Waals surface area contributed by atoms with Crippen LogP contribution in [0.2, 0.25) is 0 Å². The van der Waals surface area contributed by atoms with Crippen molar-refractivity contribution in [1.29, 1.82) is 0 Å². The third-order valence-electron chi connectivity index (χ3n) is 5.14. The highest BCUT2D eigenvalue weighted by Crippen LogP contribution is 2.28. The molecule has 0 saturated heterocycles. The van der Waals surface area contributed by atoms with Crippen LogP contribution in [0.15, 0.2) is 102 Å². The van der Waals surface area contributed by atoms with Gasteiger partial charge in [0, 0.05) is 17.1 Å². The van der Waals surface area contributed by atoms with Gasteiger partial charge >= 0.3 is 5.97 Å². The molecule has 2 heterocycles. The van der Waals surface area contributed by atoms with Crippen molar-refractivity contribution in [2.24, 2.45) is 0 Å². The predicted molar refractivity (Wildman–Crippen MR) is 137 cm³/mol. The van der Waals surface area contributed by atoms with Crippen molar-refractivity contribution in [2.45, 2.75) is 0 Å². The molecule has 2 aromatic heterocycles. The van der Waals surface area contributed by atoms with E-state index < -0.39 is 18.5 Å². The lowest BCUT2D eigenvalue weighted by molar-refractivity contribution is -0.119. The third kappa shape index (κ3) is 5.37. The van der Waals surface area contributed by atoms with E-state index in [2.05, 4.69) is 10.3 Å². The molecule has 0 fully saturated rings. The maximum Gasteiger partial charge on any atom is 0.339 e. The van der Waals surface area contributed by atoms with Gasteiger partial charge in [0.15, 0.2) is 6.61 Å². The highest BCUT2D eigenvalue weighted by atomic mass is 32.1. The van der Waals surface area contributed by atoms with Gasteiger partial charge in [0.1, 0.15) is 11.5 Å². The molecule has 172 valence electrons. The number of aromatic nitrogens is 1.